The fourth-order valence-corrected chi connectivity index (χ4v) is 19.2. The molecule has 0 saturated carbocycles. The maximum absolute atomic E-state index is 11.4. The number of fused-ring (bicyclic) bond motifs is 4. The molecule has 4 aromatic rings. The maximum Gasteiger partial charge on any atom is 0.302 e. The summed E-state index contributed by atoms with van der Waals surface area (Å²) in [5, 5.41) is 14.9. The molecule has 312 valence electrons. The molecule has 4 aromatic carbocycles. The van der Waals surface area contributed by atoms with Gasteiger partial charge in [-0.15, -0.1) is 0 Å². The number of carbonyl (C=O) groups excluding carboxylic acids is 1. The summed E-state index contributed by atoms with van der Waals surface area (Å²) < 4.78 is 31.7. The van der Waals surface area contributed by atoms with Crippen molar-refractivity contribution in [3.63, 3.8) is 0 Å². The zero-order chi connectivity index (χ0) is 41.8. The minimum absolute atomic E-state index is 0.00268. The second-order valence-electron chi connectivity index (χ2n) is 18.5. The second kappa shape index (κ2) is 18.0. The van der Waals surface area contributed by atoms with Crippen LogP contribution in [0.3, 0.4) is 0 Å². The zero-order valence-corrected chi connectivity index (χ0v) is 37.7. The minimum atomic E-state index is -2.61. The molecule has 0 aliphatic carbocycles. The Morgan fingerprint density at radius 1 is 0.508 bits per heavy atom. The first-order valence-electron chi connectivity index (χ1n) is 21.2. The summed E-state index contributed by atoms with van der Waals surface area (Å²) in [6, 6.07) is 42.7. The Labute approximate surface area is 353 Å². The molecule has 4 aliphatic rings. The van der Waals surface area contributed by atoms with Crippen LogP contribution in [0.4, 0.5) is 0 Å². The molecule has 0 aromatic heterocycles. The molecule has 4 bridgehead atoms. The van der Waals surface area contributed by atoms with Crippen molar-refractivity contribution in [1.29, 1.82) is 0 Å². The summed E-state index contributed by atoms with van der Waals surface area (Å²) in [6.07, 6.45) is 8.55. The van der Waals surface area contributed by atoms with Crippen LogP contribution < -0.4 is 20.7 Å². The van der Waals surface area contributed by atoms with Gasteiger partial charge in [-0.05, 0) is 30.8 Å². The molecule has 8 rings (SSSR count). The molecule has 0 radical (unpaired) electrons. The fraction of sp³-hybridized carbons (Fsp3) is 0.420. The van der Waals surface area contributed by atoms with Gasteiger partial charge in [0, 0.05) is 50.4 Å². The van der Waals surface area contributed by atoms with E-state index in [2.05, 4.69) is 187 Å². The molecule has 9 heteroatoms. The van der Waals surface area contributed by atoms with E-state index in [1.807, 2.05) is 0 Å². The van der Waals surface area contributed by atoms with Gasteiger partial charge in [-0.25, -0.2) is 0 Å². The fourth-order valence-electron chi connectivity index (χ4n) is 10.0. The highest BCUT2D eigenvalue weighted by molar-refractivity contribution is 7.00. The molecule has 8 atom stereocenters. The molecule has 2 saturated heterocycles. The Bertz CT molecular complexity index is 1950. The van der Waals surface area contributed by atoms with E-state index in [-0.39, 0.29) is 70.7 Å². The Hall–Kier alpha value is -3.94. The summed E-state index contributed by atoms with van der Waals surface area (Å²) in [5.41, 5.74) is 0. The lowest BCUT2D eigenvalue weighted by Crippen LogP contribution is -2.67. The summed E-state index contributed by atoms with van der Waals surface area (Å²) >= 11 is 0. The summed E-state index contributed by atoms with van der Waals surface area (Å²) in [6.45, 7) is 16.9. The number of esters is 1. The average molecular weight is 831 g/mol. The molecule has 1 N–H and O–H groups in total. The van der Waals surface area contributed by atoms with Gasteiger partial charge in [0.15, 0.2) is 0 Å². The van der Waals surface area contributed by atoms with E-state index in [0.29, 0.717) is 19.8 Å². The maximum atomic E-state index is 11.4. The first-order valence-corrected chi connectivity index (χ1v) is 25.0. The molecule has 59 heavy (non-hydrogen) atoms. The van der Waals surface area contributed by atoms with E-state index < -0.39 is 16.6 Å². The first-order chi connectivity index (χ1) is 28.3. The average Bonchev–Trinajstić information content (AvgIpc) is 4.04. The molecular formula is C50H62O7Si2. The van der Waals surface area contributed by atoms with Crippen LogP contribution in [0.15, 0.2) is 146 Å². The largest absolute Gasteiger partial charge is 0.465 e. The number of hydrogen-bond donors (Lipinski definition) is 1. The topological polar surface area (TPSA) is 83.5 Å². The summed E-state index contributed by atoms with van der Waals surface area (Å²) in [7, 11) is -5.15. The van der Waals surface area contributed by atoms with E-state index in [4.69, 9.17) is 23.1 Å². The van der Waals surface area contributed by atoms with Crippen LogP contribution in [0.2, 0.25) is 10.1 Å². The zero-order valence-electron chi connectivity index (χ0n) is 35.7. The predicted molar refractivity (Wildman–Crippen MR) is 240 cm³/mol. The molecular weight excluding hydrogens is 769 g/mol. The van der Waals surface area contributed by atoms with Crippen LogP contribution in [0.5, 0.6) is 0 Å². The van der Waals surface area contributed by atoms with E-state index in [9.17, 15) is 9.90 Å². The van der Waals surface area contributed by atoms with Gasteiger partial charge in [0.25, 0.3) is 16.6 Å². The second-order valence-corrected chi connectivity index (χ2v) is 27.1. The van der Waals surface area contributed by atoms with Crippen molar-refractivity contribution in [2.24, 2.45) is 23.7 Å². The molecule has 4 aliphatic heterocycles. The smallest absolute Gasteiger partial charge is 0.302 e. The van der Waals surface area contributed by atoms with Crippen molar-refractivity contribution in [3.8, 4) is 0 Å². The SMILES string of the molecule is CC(=O)OC[C@H]1[C@@H](CO[Si](c2ccccc2)(c2ccccc2)C(C)(C)C)[C@@H]2C=C[C@H]1O2.CC(C)(C)[Si](OC[C@@H]1[C@H](CO)[C@H]2C=C[C@@H]1O2)(c1ccccc1)c1ccccc1. The van der Waals surface area contributed by atoms with Crippen molar-refractivity contribution in [2.75, 3.05) is 26.4 Å². The number of carbonyl (C=O) groups is 1. The molecule has 0 amide bonds. The third kappa shape index (κ3) is 8.53. The van der Waals surface area contributed by atoms with Crippen molar-refractivity contribution >= 4 is 43.4 Å². The number of aliphatic hydroxyl groups excluding tert-OH is 1. The lowest BCUT2D eigenvalue weighted by molar-refractivity contribution is -0.143. The number of hydrogen-bond acceptors (Lipinski definition) is 7. The molecule has 0 spiro atoms. The van der Waals surface area contributed by atoms with Crippen molar-refractivity contribution < 1.29 is 33.0 Å². The van der Waals surface area contributed by atoms with Gasteiger partial charge in [0.05, 0.1) is 31.0 Å². The van der Waals surface area contributed by atoms with Crippen molar-refractivity contribution in [1.82, 2.24) is 0 Å². The van der Waals surface area contributed by atoms with Crippen molar-refractivity contribution in [2.45, 2.75) is 83.0 Å². The van der Waals surface area contributed by atoms with E-state index in [0.717, 1.165) is 0 Å². The van der Waals surface area contributed by atoms with Crippen molar-refractivity contribution in [3.05, 3.63) is 146 Å². The van der Waals surface area contributed by atoms with Crippen LogP contribution >= 0.6 is 0 Å². The Balaban J connectivity index is 0.000000180. The quantitative estimate of drug-likeness (QED) is 0.0901. The van der Waals surface area contributed by atoms with Gasteiger partial charge >= 0.3 is 5.97 Å². The highest BCUT2D eigenvalue weighted by Crippen LogP contribution is 2.44. The summed E-state index contributed by atoms with van der Waals surface area (Å²) in [5.74, 6) is 0.349. The number of ether oxygens (including phenoxy) is 3. The third-order valence-corrected chi connectivity index (χ3v) is 22.9. The lowest BCUT2D eigenvalue weighted by Gasteiger charge is -2.44. The third-order valence-electron chi connectivity index (χ3n) is 12.9. The lowest BCUT2D eigenvalue weighted by atomic mass is 9.84. The van der Waals surface area contributed by atoms with Gasteiger partial charge in [-0.3, -0.25) is 4.79 Å². The van der Waals surface area contributed by atoms with Crippen LogP contribution in [-0.4, -0.2) is 78.6 Å². The van der Waals surface area contributed by atoms with Crippen LogP contribution in [0.25, 0.3) is 0 Å². The Kier molecular flexibility index (Phi) is 13.1. The predicted octanol–water partition coefficient (Wildman–Crippen LogP) is 6.82. The molecule has 0 unspecified atom stereocenters. The van der Waals surface area contributed by atoms with Gasteiger partial charge in [0.2, 0.25) is 0 Å². The van der Waals surface area contributed by atoms with E-state index in [1.165, 1.54) is 27.7 Å². The van der Waals surface area contributed by atoms with Gasteiger partial charge in [0.1, 0.15) is 0 Å². The molecule has 7 nitrogen and oxygen atoms in total. The monoisotopic (exact) mass is 830 g/mol. The number of aliphatic hydroxyl groups is 1. The Morgan fingerprint density at radius 3 is 1.08 bits per heavy atom. The van der Waals surface area contributed by atoms with Crippen LogP contribution in [0, 0.1) is 23.7 Å². The standard InChI is InChI=1S/C26H32O4Si.C24H30O3Si/c1-19(27)28-17-22-23(25-16-15-24(22)30-25)18-29-31(26(2,3)4,20-11-7-5-8-12-20)21-13-9-6-10-14-21;1-24(2,3)28(18-10-6-4-7-11-18,19-12-8-5-9-13-19)26-17-21-20(16-25)22-14-15-23(21)27-22/h5-16,22-25H,17-18H2,1-4H3;4-15,20-23,25H,16-17H2,1-3H3/t22-,23+,24+,25-;20-,21+,22+,23-/m00/s1. The Morgan fingerprint density at radius 2 is 0.797 bits per heavy atom. The highest BCUT2D eigenvalue weighted by Gasteiger charge is 2.54. The van der Waals surface area contributed by atoms with Gasteiger partial charge in [-0.1, -0.05) is 187 Å². The number of benzene rings is 4. The normalized spacial score (nSPS) is 25.8. The minimum Gasteiger partial charge on any atom is -0.465 e. The highest BCUT2D eigenvalue weighted by atomic mass is 28.4. The molecule has 2 fully saturated rings. The van der Waals surface area contributed by atoms with Crippen LogP contribution in [0.1, 0.15) is 48.5 Å². The van der Waals surface area contributed by atoms with Gasteiger partial charge < -0.3 is 28.2 Å². The van der Waals surface area contributed by atoms with E-state index >= 15 is 0 Å². The van der Waals surface area contributed by atoms with Crippen LogP contribution in [-0.2, 0) is 27.9 Å². The summed E-state index contributed by atoms with van der Waals surface area (Å²) in [4.78, 5) is 11.4. The van der Waals surface area contributed by atoms with E-state index in [1.54, 1.807) is 0 Å². The molecule has 4 heterocycles. The number of rotatable bonds is 13. The first kappa shape index (κ1) is 43.2. The van der Waals surface area contributed by atoms with Gasteiger partial charge in [-0.2, -0.15) is 0 Å².